The van der Waals surface area contributed by atoms with Crippen LogP contribution in [0.25, 0.3) is 0 Å². The summed E-state index contributed by atoms with van der Waals surface area (Å²) in [7, 11) is 0. The van der Waals surface area contributed by atoms with Gasteiger partial charge in [-0.05, 0) is 63.2 Å². The van der Waals surface area contributed by atoms with Crippen LogP contribution in [0.4, 0.5) is 0 Å². The molecule has 0 aromatic rings. The molecule has 2 nitrogen and oxygen atoms in total. The molecule has 0 aromatic heterocycles. The average molecular weight is 279 g/mol. The van der Waals surface area contributed by atoms with E-state index in [-0.39, 0.29) is 5.60 Å². The van der Waals surface area contributed by atoms with E-state index >= 15 is 0 Å². The average Bonchev–Trinajstić information content (AvgIpc) is 3.24. The standard InChI is InChI=1S/C18H33NO/c1-14-8-10-18(11-9-14,13-19-16-6-7-16)20-17-5-3-4-15(2)12-17/h14-17,19H,3-13H2,1-2H3. The lowest BCUT2D eigenvalue weighted by Gasteiger charge is -2.43. The Hall–Kier alpha value is -0.0800. The van der Waals surface area contributed by atoms with Gasteiger partial charge < -0.3 is 10.1 Å². The molecule has 3 saturated carbocycles. The topological polar surface area (TPSA) is 21.3 Å². The molecule has 0 aliphatic heterocycles. The summed E-state index contributed by atoms with van der Waals surface area (Å²) in [5.41, 5.74) is 0.164. The maximum atomic E-state index is 6.75. The van der Waals surface area contributed by atoms with Crippen LogP contribution in [-0.2, 0) is 4.74 Å². The molecule has 0 saturated heterocycles. The summed E-state index contributed by atoms with van der Waals surface area (Å²) < 4.78 is 6.75. The van der Waals surface area contributed by atoms with E-state index in [1.54, 1.807) is 0 Å². The minimum absolute atomic E-state index is 0.164. The first-order valence-electron chi connectivity index (χ1n) is 9.06. The highest BCUT2D eigenvalue weighted by Gasteiger charge is 2.39. The molecule has 0 spiro atoms. The van der Waals surface area contributed by atoms with Crippen molar-refractivity contribution in [3.63, 3.8) is 0 Å². The van der Waals surface area contributed by atoms with Crippen molar-refractivity contribution in [1.82, 2.24) is 5.32 Å². The van der Waals surface area contributed by atoms with Crippen molar-refractivity contribution >= 4 is 0 Å². The van der Waals surface area contributed by atoms with Crippen molar-refractivity contribution < 1.29 is 4.74 Å². The first kappa shape index (κ1) is 14.8. The number of hydrogen-bond acceptors (Lipinski definition) is 2. The Kier molecular flexibility index (Phi) is 4.72. The highest BCUT2D eigenvalue weighted by Crippen LogP contribution is 2.38. The number of hydrogen-bond donors (Lipinski definition) is 1. The fraction of sp³-hybridized carbons (Fsp3) is 1.00. The van der Waals surface area contributed by atoms with Gasteiger partial charge in [-0.1, -0.05) is 26.7 Å². The Balaban J connectivity index is 1.58. The second-order valence-electron chi connectivity index (χ2n) is 8.03. The fourth-order valence-corrected chi connectivity index (χ4v) is 4.08. The van der Waals surface area contributed by atoms with Gasteiger partial charge in [-0.2, -0.15) is 0 Å². The van der Waals surface area contributed by atoms with E-state index in [0.717, 1.165) is 24.4 Å². The maximum Gasteiger partial charge on any atom is 0.0810 e. The van der Waals surface area contributed by atoms with Crippen LogP contribution >= 0.6 is 0 Å². The van der Waals surface area contributed by atoms with Crippen LogP contribution in [0, 0.1) is 11.8 Å². The first-order chi connectivity index (χ1) is 9.65. The van der Waals surface area contributed by atoms with Gasteiger partial charge in [0, 0.05) is 12.6 Å². The van der Waals surface area contributed by atoms with Crippen molar-refractivity contribution in [3.05, 3.63) is 0 Å². The summed E-state index contributed by atoms with van der Waals surface area (Å²) in [6, 6.07) is 0.806. The molecule has 0 amide bonds. The molecule has 3 fully saturated rings. The molecule has 0 heterocycles. The molecule has 0 aromatic carbocycles. The van der Waals surface area contributed by atoms with Crippen molar-refractivity contribution in [2.24, 2.45) is 11.8 Å². The summed E-state index contributed by atoms with van der Waals surface area (Å²) in [5.74, 6) is 1.77. The predicted molar refractivity (Wildman–Crippen MR) is 83.9 cm³/mol. The SMILES string of the molecule is CC1CCC(CNC2CC2)(OC2CCCC(C)C2)CC1. The smallest absolute Gasteiger partial charge is 0.0810 e. The summed E-state index contributed by atoms with van der Waals surface area (Å²) in [5, 5.41) is 3.76. The van der Waals surface area contributed by atoms with Gasteiger partial charge in [0.2, 0.25) is 0 Å². The molecule has 3 aliphatic carbocycles. The third-order valence-electron chi connectivity index (χ3n) is 5.78. The summed E-state index contributed by atoms with van der Waals surface area (Å²) in [4.78, 5) is 0. The largest absolute Gasteiger partial charge is 0.370 e. The Bertz CT molecular complexity index is 305. The van der Waals surface area contributed by atoms with Gasteiger partial charge in [0.25, 0.3) is 0 Å². The van der Waals surface area contributed by atoms with Gasteiger partial charge in [0.1, 0.15) is 0 Å². The van der Waals surface area contributed by atoms with Crippen LogP contribution in [0.5, 0.6) is 0 Å². The van der Waals surface area contributed by atoms with E-state index in [4.69, 9.17) is 4.74 Å². The minimum atomic E-state index is 0.164. The normalized spacial score (nSPS) is 42.6. The third-order valence-corrected chi connectivity index (χ3v) is 5.78. The third kappa shape index (κ3) is 3.98. The number of ether oxygens (including phenoxy) is 1. The van der Waals surface area contributed by atoms with Crippen LogP contribution in [0.2, 0.25) is 0 Å². The van der Waals surface area contributed by atoms with E-state index in [0.29, 0.717) is 6.10 Å². The van der Waals surface area contributed by atoms with Gasteiger partial charge in [-0.25, -0.2) is 0 Å². The van der Waals surface area contributed by atoms with E-state index in [1.807, 2.05) is 0 Å². The summed E-state index contributed by atoms with van der Waals surface area (Å²) in [6.07, 6.45) is 13.9. The molecule has 0 bridgehead atoms. The quantitative estimate of drug-likeness (QED) is 0.811. The van der Waals surface area contributed by atoms with Crippen LogP contribution in [0.1, 0.15) is 78.1 Å². The molecular weight excluding hydrogens is 246 g/mol. The van der Waals surface area contributed by atoms with Crippen LogP contribution in [0.15, 0.2) is 0 Å². The highest BCUT2D eigenvalue weighted by atomic mass is 16.5. The Morgan fingerprint density at radius 1 is 0.950 bits per heavy atom. The van der Waals surface area contributed by atoms with Crippen molar-refractivity contribution in [2.75, 3.05) is 6.54 Å². The molecule has 2 heteroatoms. The van der Waals surface area contributed by atoms with E-state index in [1.165, 1.54) is 64.2 Å². The van der Waals surface area contributed by atoms with Gasteiger partial charge in [-0.15, -0.1) is 0 Å². The van der Waals surface area contributed by atoms with Gasteiger partial charge in [-0.3, -0.25) is 0 Å². The molecule has 3 rings (SSSR count). The van der Waals surface area contributed by atoms with Crippen molar-refractivity contribution in [1.29, 1.82) is 0 Å². The second-order valence-corrected chi connectivity index (χ2v) is 8.03. The predicted octanol–water partition coefficient (Wildman–Crippen LogP) is 4.28. The molecule has 1 N–H and O–H groups in total. The number of rotatable bonds is 5. The van der Waals surface area contributed by atoms with Crippen LogP contribution in [0.3, 0.4) is 0 Å². The zero-order valence-electron chi connectivity index (χ0n) is 13.5. The van der Waals surface area contributed by atoms with E-state index in [2.05, 4.69) is 19.2 Å². The first-order valence-corrected chi connectivity index (χ1v) is 9.06. The van der Waals surface area contributed by atoms with Crippen molar-refractivity contribution in [3.8, 4) is 0 Å². The molecule has 2 unspecified atom stereocenters. The molecule has 116 valence electrons. The van der Waals surface area contributed by atoms with Gasteiger partial charge in [0.05, 0.1) is 11.7 Å². The zero-order valence-corrected chi connectivity index (χ0v) is 13.5. The summed E-state index contributed by atoms with van der Waals surface area (Å²) >= 11 is 0. The van der Waals surface area contributed by atoms with Gasteiger partial charge >= 0.3 is 0 Å². The van der Waals surface area contributed by atoms with Crippen molar-refractivity contribution in [2.45, 2.75) is 95.8 Å². The fourth-order valence-electron chi connectivity index (χ4n) is 4.08. The van der Waals surface area contributed by atoms with Gasteiger partial charge in [0.15, 0.2) is 0 Å². The lowest BCUT2D eigenvalue weighted by Crippen LogP contribution is -2.49. The molecule has 20 heavy (non-hydrogen) atoms. The Morgan fingerprint density at radius 3 is 2.35 bits per heavy atom. The molecular formula is C18H33NO. The Morgan fingerprint density at radius 2 is 1.70 bits per heavy atom. The summed E-state index contributed by atoms with van der Waals surface area (Å²) in [6.45, 7) is 5.91. The highest BCUT2D eigenvalue weighted by molar-refractivity contribution is 4.93. The number of nitrogens with one attached hydrogen (secondary N) is 1. The monoisotopic (exact) mass is 279 g/mol. The minimum Gasteiger partial charge on any atom is -0.370 e. The zero-order chi connectivity index (χ0) is 14.0. The Labute approximate surface area is 125 Å². The van der Waals surface area contributed by atoms with Crippen LogP contribution < -0.4 is 5.32 Å². The molecule has 0 radical (unpaired) electrons. The van der Waals surface area contributed by atoms with E-state index in [9.17, 15) is 0 Å². The van der Waals surface area contributed by atoms with E-state index < -0.39 is 0 Å². The molecule has 2 atom stereocenters. The second kappa shape index (κ2) is 6.36. The van der Waals surface area contributed by atoms with Crippen LogP contribution in [-0.4, -0.2) is 24.3 Å². The molecule has 3 aliphatic rings. The maximum absolute atomic E-state index is 6.75. The lowest BCUT2D eigenvalue weighted by atomic mass is 9.78. The lowest BCUT2D eigenvalue weighted by molar-refractivity contribution is -0.131.